The van der Waals surface area contributed by atoms with Gasteiger partial charge in [0.05, 0.1) is 0 Å². The molecule has 0 spiro atoms. The summed E-state index contributed by atoms with van der Waals surface area (Å²) in [7, 11) is 0. The molecule has 0 radical (unpaired) electrons. The second-order valence-corrected chi connectivity index (χ2v) is 3.08. The molecule has 0 saturated carbocycles. The molecule has 0 bridgehead atoms. The van der Waals surface area contributed by atoms with E-state index in [1.54, 1.807) is 0 Å². The molecule has 0 fully saturated rings. The predicted octanol–water partition coefficient (Wildman–Crippen LogP) is 0.975. The normalized spacial score (nSPS) is 10.7. The number of alkyl halides is 2. The third-order valence-electron chi connectivity index (χ3n) is 0.644. The molecule has 0 heterocycles. The molecule has 0 aromatic rings. The smallest absolute Gasteiger partial charge is 0.164 e. The largest absolute Gasteiger partial charge is 0.483 e. The van der Waals surface area contributed by atoms with Crippen LogP contribution in [-0.2, 0) is 21.1 Å². The average Bonchev–Trinajstić information content (AvgIpc) is 1.59. The molecule has 2 nitrogen and oxygen atoms in total. The molecule has 0 aromatic heterocycles. The van der Waals surface area contributed by atoms with Crippen molar-refractivity contribution in [2.45, 2.75) is 17.3 Å². The van der Waals surface area contributed by atoms with Gasteiger partial charge in [0.25, 0.3) is 0 Å². The van der Waals surface area contributed by atoms with Crippen LogP contribution < -0.4 is 11.5 Å². The fraction of sp³-hybridized carbons (Fsp3) is 0.750. The standard InChI is InChI=1S/C4H9Cl2N2.Pt/c5-4(6,8)2-1-3-7;/h3H,1-2,7-8H2;/q-1;. The van der Waals surface area contributed by atoms with Crippen LogP contribution >= 0.6 is 23.2 Å². The van der Waals surface area contributed by atoms with Crippen LogP contribution in [0.5, 0.6) is 0 Å². The third kappa shape index (κ3) is 12.4. The summed E-state index contributed by atoms with van der Waals surface area (Å²) >= 11 is 10.8. The van der Waals surface area contributed by atoms with Crippen molar-refractivity contribution in [1.29, 1.82) is 0 Å². The monoisotopic (exact) mass is 350 g/mol. The van der Waals surface area contributed by atoms with Gasteiger partial charge in [-0.15, -0.1) is 0 Å². The van der Waals surface area contributed by atoms with Crippen LogP contribution in [-0.4, -0.2) is 4.46 Å². The molecular formula is C4H9Cl2N2Pt-. The molecule has 0 unspecified atom stereocenters. The van der Waals surface area contributed by atoms with Gasteiger partial charge in [-0.2, -0.15) is 6.42 Å². The molecule has 0 amide bonds. The Labute approximate surface area is 79.5 Å². The number of nitrogens with two attached hydrogens (primary N) is 2. The number of hydrogen-bond donors (Lipinski definition) is 2. The van der Waals surface area contributed by atoms with Gasteiger partial charge in [0.15, 0.2) is 4.46 Å². The van der Waals surface area contributed by atoms with E-state index in [-0.39, 0.29) is 21.1 Å². The van der Waals surface area contributed by atoms with Crippen molar-refractivity contribution in [3.05, 3.63) is 6.54 Å². The summed E-state index contributed by atoms with van der Waals surface area (Å²) in [6.07, 6.45) is 1.14. The van der Waals surface area contributed by atoms with Gasteiger partial charge in [0, 0.05) is 21.1 Å². The summed E-state index contributed by atoms with van der Waals surface area (Å²) in [6, 6.07) is 0. The quantitative estimate of drug-likeness (QED) is 0.453. The van der Waals surface area contributed by atoms with E-state index in [0.29, 0.717) is 12.8 Å². The molecule has 0 atom stereocenters. The zero-order valence-electron chi connectivity index (χ0n) is 4.72. The summed E-state index contributed by atoms with van der Waals surface area (Å²) in [5, 5.41) is 0. The molecule has 0 aliphatic heterocycles. The Kier molecular flexibility index (Phi) is 8.46. The predicted molar refractivity (Wildman–Crippen MR) is 36.3 cm³/mol. The Bertz CT molecular complexity index is 64.1. The van der Waals surface area contributed by atoms with Gasteiger partial charge in [-0.1, -0.05) is 23.2 Å². The zero-order chi connectivity index (χ0) is 6.62. The van der Waals surface area contributed by atoms with E-state index in [4.69, 9.17) is 34.7 Å². The van der Waals surface area contributed by atoms with Gasteiger partial charge < -0.3 is 11.5 Å². The Morgan fingerprint density at radius 3 is 2.00 bits per heavy atom. The Balaban J connectivity index is 0. The van der Waals surface area contributed by atoms with Gasteiger partial charge >= 0.3 is 0 Å². The SMILES string of the molecule is N[CH-]CCC(N)(Cl)Cl.[Pt]. The third-order valence-corrected chi connectivity index (χ3v) is 1.02. The van der Waals surface area contributed by atoms with Crippen LogP contribution in [0, 0.1) is 6.54 Å². The summed E-state index contributed by atoms with van der Waals surface area (Å²) < 4.78 is -1.12. The minimum Gasteiger partial charge on any atom is -0.483 e. The van der Waals surface area contributed by atoms with Crippen LogP contribution in [0.15, 0.2) is 0 Å². The molecule has 5 heteroatoms. The maximum Gasteiger partial charge on any atom is 0.164 e. The van der Waals surface area contributed by atoms with Crippen molar-refractivity contribution < 1.29 is 21.1 Å². The first-order valence-corrected chi connectivity index (χ1v) is 3.02. The number of halogens is 2. The van der Waals surface area contributed by atoms with Crippen LogP contribution in [0.3, 0.4) is 0 Å². The second kappa shape index (κ2) is 5.93. The maximum absolute atomic E-state index is 5.38. The van der Waals surface area contributed by atoms with E-state index in [2.05, 4.69) is 0 Å². The number of rotatable bonds is 3. The molecule has 0 aliphatic rings. The fourth-order valence-corrected chi connectivity index (χ4v) is 0.494. The van der Waals surface area contributed by atoms with Crippen LogP contribution in [0.4, 0.5) is 0 Å². The summed E-state index contributed by atoms with van der Waals surface area (Å²) in [4.78, 5) is 0. The number of hydrogen-bond acceptors (Lipinski definition) is 2. The van der Waals surface area contributed by atoms with Gasteiger partial charge in [-0.05, 0) is 6.42 Å². The molecule has 9 heavy (non-hydrogen) atoms. The molecule has 0 aromatic carbocycles. The van der Waals surface area contributed by atoms with E-state index in [9.17, 15) is 0 Å². The van der Waals surface area contributed by atoms with Gasteiger partial charge in [0.2, 0.25) is 0 Å². The van der Waals surface area contributed by atoms with Gasteiger partial charge in [-0.25, -0.2) is 0 Å². The van der Waals surface area contributed by atoms with E-state index in [1.165, 1.54) is 6.54 Å². The summed E-state index contributed by atoms with van der Waals surface area (Å²) in [6.45, 7) is 1.48. The van der Waals surface area contributed by atoms with Gasteiger partial charge in [-0.3, -0.25) is 6.54 Å². The van der Waals surface area contributed by atoms with Crippen molar-refractivity contribution in [3.8, 4) is 0 Å². The molecular weight excluding hydrogens is 342 g/mol. The van der Waals surface area contributed by atoms with Gasteiger partial charge in [0.1, 0.15) is 0 Å². The van der Waals surface area contributed by atoms with Crippen LogP contribution in [0.2, 0.25) is 0 Å². The Hall–Kier alpha value is 1.19. The Morgan fingerprint density at radius 1 is 1.44 bits per heavy atom. The zero-order valence-corrected chi connectivity index (χ0v) is 8.50. The maximum atomic E-state index is 5.38. The minimum atomic E-state index is -1.12. The Morgan fingerprint density at radius 2 is 1.89 bits per heavy atom. The summed E-state index contributed by atoms with van der Waals surface area (Å²) in [5.41, 5.74) is 10.2. The van der Waals surface area contributed by atoms with E-state index < -0.39 is 4.46 Å². The molecule has 0 saturated heterocycles. The molecule has 60 valence electrons. The first kappa shape index (κ1) is 12.8. The molecule has 0 rings (SSSR count). The second-order valence-electron chi connectivity index (χ2n) is 1.54. The van der Waals surface area contributed by atoms with E-state index in [1.807, 2.05) is 0 Å². The van der Waals surface area contributed by atoms with Crippen LogP contribution in [0.25, 0.3) is 0 Å². The molecule has 4 N–H and O–H groups in total. The first-order chi connectivity index (χ1) is 3.56. The van der Waals surface area contributed by atoms with E-state index in [0.717, 1.165) is 0 Å². The molecule has 0 aliphatic carbocycles. The van der Waals surface area contributed by atoms with Crippen molar-refractivity contribution in [1.82, 2.24) is 0 Å². The van der Waals surface area contributed by atoms with Crippen molar-refractivity contribution in [3.63, 3.8) is 0 Å². The fourth-order valence-electron chi connectivity index (χ4n) is 0.276. The van der Waals surface area contributed by atoms with Crippen molar-refractivity contribution in [2.24, 2.45) is 11.5 Å². The van der Waals surface area contributed by atoms with Crippen molar-refractivity contribution in [2.75, 3.05) is 0 Å². The van der Waals surface area contributed by atoms with Crippen LogP contribution in [0.1, 0.15) is 12.8 Å². The average molecular weight is 351 g/mol. The minimum absolute atomic E-state index is 0. The summed E-state index contributed by atoms with van der Waals surface area (Å²) in [5.74, 6) is 0. The first-order valence-electron chi connectivity index (χ1n) is 2.26. The van der Waals surface area contributed by atoms with Crippen molar-refractivity contribution >= 4 is 23.2 Å². The topological polar surface area (TPSA) is 52.0 Å². The van der Waals surface area contributed by atoms with E-state index >= 15 is 0 Å².